The number of hydrogen-bond acceptors (Lipinski definition) is 2. The van der Waals surface area contributed by atoms with Crippen LogP contribution < -0.4 is 0 Å². The van der Waals surface area contributed by atoms with Crippen LogP contribution in [0.25, 0.3) is 0 Å². The van der Waals surface area contributed by atoms with Gasteiger partial charge < -0.3 is 4.57 Å². The molecule has 2 aromatic rings. The topological polar surface area (TPSA) is 41.6 Å². The number of imidazole rings is 1. The average molecular weight is 237 g/mol. The molecule has 0 aliphatic heterocycles. The zero-order valence-corrected chi connectivity index (χ0v) is 10.6. The van der Waals surface area contributed by atoms with E-state index in [0.717, 1.165) is 6.42 Å². The van der Waals surface area contributed by atoms with Crippen molar-refractivity contribution >= 4 is 0 Å². The van der Waals surface area contributed by atoms with Gasteiger partial charge in [0.2, 0.25) is 0 Å². The Hall–Kier alpha value is -2.08. The predicted molar refractivity (Wildman–Crippen MR) is 69.0 cm³/mol. The first-order valence-corrected chi connectivity index (χ1v) is 6.13. The van der Waals surface area contributed by atoms with Gasteiger partial charge in [0, 0.05) is 0 Å². The average Bonchev–Trinajstić information content (AvgIpc) is 2.87. The minimum Gasteiger partial charge on any atom is -0.314 e. The van der Waals surface area contributed by atoms with E-state index in [0.29, 0.717) is 5.69 Å². The predicted octanol–water partition coefficient (Wildman–Crippen LogP) is 2.93. The van der Waals surface area contributed by atoms with Crippen molar-refractivity contribution in [1.82, 2.24) is 9.55 Å². The summed E-state index contributed by atoms with van der Waals surface area (Å²) < 4.78 is 2.01. The number of benzene rings is 1. The maximum atomic E-state index is 9.18. The van der Waals surface area contributed by atoms with Gasteiger partial charge in [-0.1, -0.05) is 38.1 Å². The Morgan fingerprint density at radius 1 is 1.39 bits per heavy atom. The molecule has 1 heterocycles. The fourth-order valence-electron chi connectivity index (χ4n) is 3.09. The minimum absolute atomic E-state index is 0.107. The van der Waals surface area contributed by atoms with E-state index < -0.39 is 0 Å². The monoisotopic (exact) mass is 237 g/mol. The van der Waals surface area contributed by atoms with Crippen LogP contribution in [0.1, 0.15) is 36.7 Å². The number of nitriles is 1. The molecule has 0 N–H and O–H groups in total. The number of hydrogen-bond donors (Lipinski definition) is 0. The van der Waals surface area contributed by atoms with E-state index in [1.165, 1.54) is 11.1 Å². The Bertz CT molecular complexity index is 631. The molecule has 1 atom stereocenters. The standard InChI is InChI=1S/C15H15N3/c1-15(2)7-11-5-3-4-6-13(11)14(15)18-10-17-9-12(18)8-16/h3-6,9-10,14H,7H2,1-2H3. The quantitative estimate of drug-likeness (QED) is 0.765. The van der Waals surface area contributed by atoms with Crippen LogP contribution in [-0.2, 0) is 6.42 Å². The van der Waals surface area contributed by atoms with Crippen molar-refractivity contribution in [2.45, 2.75) is 26.3 Å². The van der Waals surface area contributed by atoms with Crippen LogP contribution in [-0.4, -0.2) is 9.55 Å². The highest BCUT2D eigenvalue weighted by atomic mass is 15.1. The lowest BCUT2D eigenvalue weighted by molar-refractivity contribution is 0.278. The molecule has 0 radical (unpaired) electrons. The maximum absolute atomic E-state index is 9.18. The summed E-state index contributed by atoms with van der Waals surface area (Å²) in [6.45, 7) is 4.50. The number of nitrogens with zero attached hydrogens (tertiary/aromatic N) is 3. The summed E-state index contributed by atoms with van der Waals surface area (Å²) in [5, 5.41) is 9.18. The van der Waals surface area contributed by atoms with Gasteiger partial charge in [0.05, 0.1) is 18.6 Å². The second-order valence-electron chi connectivity index (χ2n) is 5.56. The summed E-state index contributed by atoms with van der Waals surface area (Å²) in [5.74, 6) is 0. The molecular formula is C15H15N3. The van der Waals surface area contributed by atoms with Crippen LogP contribution >= 0.6 is 0 Å². The van der Waals surface area contributed by atoms with Crippen molar-refractivity contribution in [3.05, 3.63) is 53.6 Å². The lowest BCUT2D eigenvalue weighted by atomic mass is 9.85. The second kappa shape index (κ2) is 3.71. The minimum atomic E-state index is 0.107. The zero-order valence-electron chi connectivity index (χ0n) is 10.6. The van der Waals surface area contributed by atoms with Gasteiger partial charge in [0.15, 0.2) is 0 Å². The first kappa shape index (κ1) is 11.0. The maximum Gasteiger partial charge on any atom is 0.140 e. The molecule has 0 saturated carbocycles. The van der Waals surface area contributed by atoms with Crippen molar-refractivity contribution < 1.29 is 0 Å². The third-order valence-electron chi connectivity index (χ3n) is 3.79. The second-order valence-corrected chi connectivity index (χ2v) is 5.56. The Balaban J connectivity index is 2.19. The summed E-state index contributed by atoms with van der Waals surface area (Å²) in [4.78, 5) is 4.12. The summed E-state index contributed by atoms with van der Waals surface area (Å²) in [6.07, 6.45) is 4.45. The van der Waals surface area contributed by atoms with Crippen LogP contribution in [0.15, 0.2) is 36.8 Å². The van der Waals surface area contributed by atoms with Gasteiger partial charge in [-0.3, -0.25) is 0 Å². The lowest BCUT2D eigenvalue weighted by Crippen LogP contribution is -2.24. The first-order chi connectivity index (χ1) is 8.63. The Morgan fingerprint density at radius 3 is 2.94 bits per heavy atom. The van der Waals surface area contributed by atoms with Crippen molar-refractivity contribution in [1.29, 1.82) is 5.26 Å². The highest BCUT2D eigenvalue weighted by molar-refractivity contribution is 5.39. The Labute approximate surface area is 107 Å². The molecule has 0 saturated heterocycles. The molecule has 1 aliphatic carbocycles. The van der Waals surface area contributed by atoms with E-state index >= 15 is 0 Å². The smallest absolute Gasteiger partial charge is 0.140 e. The van der Waals surface area contributed by atoms with Crippen molar-refractivity contribution in [3.8, 4) is 6.07 Å². The molecular weight excluding hydrogens is 222 g/mol. The van der Waals surface area contributed by atoms with Gasteiger partial charge in [-0.05, 0) is 23.0 Å². The number of aromatic nitrogens is 2. The van der Waals surface area contributed by atoms with Crippen molar-refractivity contribution in [3.63, 3.8) is 0 Å². The highest BCUT2D eigenvalue weighted by Crippen LogP contribution is 2.47. The lowest BCUT2D eigenvalue weighted by Gasteiger charge is -2.29. The van der Waals surface area contributed by atoms with Gasteiger partial charge in [-0.25, -0.2) is 4.98 Å². The third kappa shape index (κ3) is 1.46. The molecule has 0 bridgehead atoms. The molecule has 18 heavy (non-hydrogen) atoms. The van der Waals surface area contributed by atoms with Gasteiger partial charge >= 0.3 is 0 Å². The largest absolute Gasteiger partial charge is 0.314 e. The highest BCUT2D eigenvalue weighted by Gasteiger charge is 2.40. The van der Waals surface area contributed by atoms with Gasteiger partial charge in [0.1, 0.15) is 11.8 Å². The molecule has 0 spiro atoms. The van der Waals surface area contributed by atoms with E-state index in [4.69, 9.17) is 0 Å². The fourth-order valence-corrected chi connectivity index (χ4v) is 3.09. The van der Waals surface area contributed by atoms with E-state index in [1.807, 2.05) is 4.57 Å². The van der Waals surface area contributed by atoms with E-state index in [2.05, 4.69) is 49.2 Å². The summed E-state index contributed by atoms with van der Waals surface area (Å²) >= 11 is 0. The Morgan fingerprint density at radius 2 is 2.17 bits per heavy atom. The molecule has 90 valence electrons. The molecule has 0 fully saturated rings. The van der Waals surface area contributed by atoms with Gasteiger partial charge in [-0.15, -0.1) is 0 Å². The molecule has 1 aromatic carbocycles. The molecule has 1 aliphatic rings. The van der Waals surface area contributed by atoms with Crippen LogP contribution in [0, 0.1) is 16.7 Å². The van der Waals surface area contributed by atoms with E-state index in [-0.39, 0.29) is 11.5 Å². The normalized spacial score (nSPS) is 20.4. The van der Waals surface area contributed by atoms with Gasteiger partial charge in [0.25, 0.3) is 0 Å². The van der Waals surface area contributed by atoms with Crippen molar-refractivity contribution in [2.75, 3.05) is 0 Å². The molecule has 1 aromatic heterocycles. The summed E-state index contributed by atoms with van der Waals surface area (Å²) in [7, 11) is 0. The fraction of sp³-hybridized carbons (Fsp3) is 0.333. The third-order valence-corrected chi connectivity index (χ3v) is 3.79. The molecule has 3 rings (SSSR count). The van der Waals surface area contributed by atoms with Gasteiger partial charge in [-0.2, -0.15) is 5.26 Å². The molecule has 3 heteroatoms. The number of fused-ring (bicyclic) bond motifs is 1. The van der Waals surface area contributed by atoms with Crippen LogP contribution in [0.5, 0.6) is 0 Å². The molecule has 0 amide bonds. The van der Waals surface area contributed by atoms with Crippen LogP contribution in [0.3, 0.4) is 0 Å². The SMILES string of the molecule is CC1(C)Cc2ccccc2C1n1cncc1C#N. The zero-order chi connectivity index (χ0) is 12.8. The van der Waals surface area contributed by atoms with Crippen LogP contribution in [0.2, 0.25) is 0 Å². The summed E-state index contributed by atoms with van der Waals surface area (Å²) in [5.41, 5.74) is 3.43. The molecule has 3 nitrogen and oxygen atoms in total. The van der Waals surface area contributed by atoms with E-state index in [9.17, 15) is 5.26 Å². The van der Waals surface area contributed by atoms with Crippen molar-refractivity contribution in [2.24, 2.45) is 5.41 Å². The Kier molecular flexibility index (Phi) is 2.27. The first-order valence-electron chi connectivity index (χ1n) is 6.13. The molecule has 1 unspecified atom stereocenters. The summed E-state index contributed by atoms with van der Waals surface area (Å²) in [6, 6.07) is 10.9. The van der Waals surface area contributed by atoms with E-state index in [1.54, 1.807) is 12.5 Å². The van der Waals surface area contributed by atoms with Crippen LogP contribution in [0.4, 0.5) is 0 Å². The number of rotatable bonds is 1.